The van der Waals surface area contributed by atoms with E-state index in [4.69, 9.17) is 0 Å². The van der Waals surface area contributed by atoms with Crippen molar-refractivity contribution in [2.75, 3.05) is 11.9 Å². The Kier molecular flexibility index (Phi) is 2.28. The fourth-order valence-electron chi connectivity index (χ4n) is 0.823. The van der Waals surface area contributed by atoms with Crippen molar-refractivity contribution in [3.63, 3.8) is 0 Å². The standard InChI is InChI=1S/C8H10N2O2/c1-7(11)9(2)8-4-3-5-10(12)6-8/h3-6H,1-2H3. The van der Waals surface area contributed by atoms with Gasteiger partial charge in [-0.15, -0.1) is 0 Å². The molecule has 4 heteroatoms. The molecule has 1 heterocycles. The maximum atomic E-state index is 10.9. The molecule has 0 radical (unpaired) electrons. The molecule has 0 saturated carbocycles. The second kappa shape index (κ2) is 3.21. The van der Waals surface area contributed by atoms with Crippen molar-refractivity contribution in [1.82, 2.24) is 0 Å². The summed E-state index contributed by atoms with van der Waals surface area (Å²) in [7, 11) is 1.62. The Morgan fingerprint density at radius 2 is 2.33 bits per heavy atom. The van der Waals surface area contributed by atoms with Crippen LogP contribution in [0, 0.1) is 5.21 Å². The van der Waals surface area contributed by atoms with Gasteiger partial charge in [-0.1, -0.05) is 0 Å². The van der Waals surface area contributed by atoms with Crippen molar-refractivity contribution in [1.29, 1.82) is 0 Å². The lowest BCUT2D eigenvalue weighted by atomic mass is 10.4. The van der Waals surface area contributed by atoms with Crippen molar-refractivity contribution >= 4 is 11.6 Å². The van der Waals surface area contributed by atoms with E-state index in [1.807, 2.05) is 0 Å². The number of amides is 1. The van der Waals surface area contributed by atoms with Crippen molar-refractivity contribution in [2.24, 2.45) is 0 Å². The van der Waals surface area contributed by atoms with Crippen LogP contribution in [0.5, 0.6) is 0 Å². The minimum Gasteiger partial charge on any atom is -0.619 e. The smallest absolute Gasteiger partial charge is 0.223 e. The third-order valence-corrected chi connectivity index (χ3v) is 1.62. The van der Waals surface area contributed by atoms with Crippen LogP contribution in [-0.2, 0) is 4.79 Å². The maximum Gasteiger partial charge on any atom is 0.223 e. The Hall–Kier alpha value is -1.58. The lowest BCUT2D eigenvalue weighted by Gasteiger charge is -2.12. The molecule has 0 atom stereocenters. The molecule has 4 nitrogen and oxygen atoms in total. The first kappa shape index (κ1) is 8.52. The second-order valence-corrected chi connectivity index (χ2v) is 2.50. The van der Waals surface area contributed by atoms with E-state index < -0.39 is 0 Å². The zero-order valence-electron chi connectivity index (χ0n) is 7.02. The minimum atomic E-state index is -0.0961. The van der Waals surface area contributed by atoms with Crippen LogP contribution in [0.25, 0.3) is 0 Å². The summed E-state index contributed by atoms with van der Waals surface area (Å²) in [6.07, 6.45) is 2.72. The Morgan fingerprint density at radius 3 is 2.83 bits per heavy atom. The predicted octanol–water partition coefficient (Wildman–Crippen LogP) is 0.303. The molecule has 12 heavy (non-hydrogen) atoms. The molecule has 0 saturated heterocycles. The first-order valence-corrected chi connectivity index (χ1v) is 3.54. The van der Waals surface area contributed by atoms with Gasteiger partial charge in [0.05, 0.1) is 0 Å². The van der Waals surface area contributed by atoms with E-state index in [-0.39, 0.29) is 5.91 Å². The Labute approximate surface area is 70.6 Å². The van der Waals surface area contributed by atoms with Gasteiger partial charge in [-0.05, 0) is 6.07 Å². The zero-order chi connectivity index (χ0) is 9.14. The monoisotopic (exact) mass is 166 g/mol. The predicted molar refractivity (Wildman–Crippen MR) is 44.5 cm³/mol. The van der Waals surface area contributed by atoms with E-state index >= 15 is 0 Å². The summed E-state index contributed by atoms with van der Waals surface area (Å²) in [6, 6.07) is 3.30. The average molecular weight is 166 g/mol. The zero-order valence-corrected chi connectivity index (χ0v) is 7.02. The lowest BCUT2D eigenvalue weighted by molar-refractivity contribution is -0.604. The lowest BCUT2D eigenvalue weighted by Crippen LogP contribution is -2.29. The molecule has 0 bridgehead atoms. The second-order valence-electron chi connectivity index (χ2n) is 2.50. The van der Waals surface area contributed by atoms with Gasteiger partial charge < -0.3 is 10.1 Å². The van der Waals surface area contributed by atoms with Gasteiger partial charge in [0.2, 0.25) is 12.1 Å². The maximum absolute atomic E-state index is 10.9. The SMILES string of the molecule is CC(=O)N(C)c1ccc[n+]([O-])c1. The molecular weight excluding hydrogens is 156 g/mol. The fourth-order valence-corrected chi connectivity index (χ4v) is 0.823. The Morgan fingerprint density at radius 1 is 1.67 bits per heavy atom. The molecule has 0 aliphatic heterocycles. The number of nitrogens with zero attached hydrogens (tertiary/aromatic N) is 2. The number of carbonyl (C=O) groups is 1. The van der Waals surface area contributed by atoms with Crippen LogP contribution in [0.2, 0.25) is 0 Å². The number of rotatable bonds is 1. The molecular formula is C8H10N2O2. The van der Waals surface area contributed by atoms with Crippen LogP contribution in [-0.4, -0.2) is 13.0 Å². The van der Waals surface area contributed by atoms with Gasteiger partial charge in [0, 0.05) is 20.0 Å². The molecule has 0 N–H and O–H groups in total. The van der Waals surface area contributed by atoms with Gasteiger partial charge in [0.25, 0.3) is 0 Å². The molecule has 0 unspecified atom stereocenters. The number of hydrogen-bond acceptors (Lipinski definition) is 2. The van der Waals surface area contributed by atoms with Gasteiger partial charge in [-0.25, -0.2) is 0 Å². The van der Waals surface area contributed by atoms with Crippen LogP contribution in [0.4, 0.5) is 5.69 Å². The fraction of sp³-hybridized carbons (Fsp3) is 0.250. The van der Waals surface area contributed by atoms with E-state index in [9.17, 15) is 10.0 Å². The van der Waals surface area contributed by atoms with Gasteiger partial charge in [-0.2, -0.15) is 4.73 Å². The van der Waals surface area contributed by atoms with E-state index in [1.54, 1.807) is 19.2 Å². The van der Waals surface area contributed by atoms with Gasteiger partial charge in [0.15, 0.2) is 6.20 Å². The summed E-state index contributed by atoms with van der Waals surface area (Å²) >= 11 is 0. The summed E-state index contributed by atoms with van der Waals surface area (Å²) in [6.45, 7) is 1.45. The molecule has 0 aromatic carbocycles. The molecule has 0 aliphatic rings. The summed E-state index contributed by atoms with van der Waals surface area (Å²) in [5, 5.41) is 10.8. The molecule has 0 aliphatic carbocycles. The van der Waals surface area contributed by atoms with Crippen molar-refractivity contribution < 1.29 is 9.52 Å². The molecule has 1 aromatic heterocycles. The Balaban J connectivity index is 2.95. The third-order valence-electron chi connectivity index (χ3n) is 1.62. The van der Waals surface area contributed by atoms with Gasteiger partial charge in [0.1, 0.15) is 5.69 Å². The largest absolute Gasteiger partial charge is 0.619 e. The third kappa shape index (κ3) is 1.72. The summed E-state index contributed by atoms with van der Waals surface area (Å²) in [4.78, 5) is 12.3. The number of pyridine rings is 1. The topological polar surface area (TPSA) is 47.2 Å². The number of carbonyl (C=O) groups excluding carboxylic acids is 1. The average Bonchev–Trinajstić information content (AvgIpc) is 2.03. The first-order chi connectivity index (χ1) is 5.61. The molecule has 0 spiro atoms. The van der Waals surface area contributed by atoms with E-state index in [0.717, 1.165) is 0 Å². The van der Waals surface area contributed by atoms with E-state index in [1.165, 1.54) is 24.2 Å². The summed E-state index contributed by atoms with van der Waals surface area (Å²) < 4.78 is 0.661. The van der Waals surface area contributed by atoms with Crippen molar-refractivity contribution in [3.05, 3.63) is 29.7 Å². The molecule has 1 aromatic rings. The van der Waals surface area contributed by atoms with Gasteiger partial charge in [-0.3, -0.25) is 4.79 Å². The molecule has 1 rings (SSSR count). The molecule has 0 fully saturated rings. The van der Waals surface area contributed by atoms with Crippen LogP contribution >= 0.6 is 0 Å². The summed E-state index contributed by atoms with van der Waals surface area (Å²) in [5.41, 5.74) is 0.597. The van der Waals surface area contributed by atoms with Crippen molar-refractivity contribution in [2.45, 2.75) is 6.92 Å². The minimum absolute atomic E-state index is 0.0961. The van der Waals surface area contributed by atoms with E-state index in [0.29, 0.717) is 10.4 Å². The first-order valence-electron chi connectivity index (χ1n) is 3.54. The highest BCUT2D eigenvalue weighted by Crippen LogP contribution is 2.07. The Bertz CT molecular complexity index is 299. The number of hydrogen-bond donors (Lipinski definition) is 0. The molecule has 64 valence electrons. The molecule has 1 amide bonds. The van der Waals surface area contributed by atoms with Crippen LogP contribution < -0.4 is 9.63 Å². The summed E-state index contributed by atoms with van der Waals surface area (Å²) in [5.74, 6) is -0.0961. The number of anilines is 1. The van der Waals surface area contributed by atoms with Crippen molar-refractivity contribution in [3.8, 4) is 0 Å². The van der Waals surface area contributed by atoms with Crippen LogP contribution in [0.3, 0.4) is 0 Å². The van der Waals surface area contributed by atoms with Crippen LogP contribution in [0.1, 0.15) is 6.92 Å². The number of aromatic nitrogens is 1. The van der Waals surface area contributed by atoms with E-state index in [2.05, 4.69) is 0 Å². The normalized spacial score (nSPS) is 9.50. The van der Waals surface area contributed by atoms with Gasteiger partial charge >= 0.3 is 0 Å². The quantitative estimate of drug-likeness (QED) is 0.445. The highest BCUT2D eigenvalue weighted by molar-refractivity contribution is 5.90. The highest BCUT2D eigenvalue weighted by Gasteiger charge is 2.06. The highest BCUT2D eigenvalue weighted by atomic mass is 16.5. The van der Waals surface area contributed by atoms with Crippen LogP contribution in [0.15, 0.2) is 24.5 Å².